The van der Waals surface area contributed by atoms with Crippen molar-refractivity contribution < 1.29 is 9.53 Å². The Bertz CT molecular complexity index is 686. The van der Waals surface area contributed by atoms with Crippen LogP contribution in [0.4, 0.5) is 0 Å². The zero-order chi connectivity index (χ0) is 15.6. The van der Waals surface area contributed by atoms with E-state index in [0.29, 0.717) is 6.61 Å². The molecule has 1 N–H and O–H groups in total. The molecule has 1 aromatic carbocycles. The quantitative estimate of drug-likeness (QED) is 0.922. The van der Waals surface area contributed by atoms with Gasteiger partial charge in [0.2, 0.25) is 0 Å². The van der Waals surface area contributed by atoms with Crippen molar-refractivity contribution in [2.24, 2.45) is 0 Å². The number of aromatic amines is 1. The number of piperidine rings is 1. The molecule has 1 aromatic heterocycles. The Hall–Kier alpha value is -2.21. The molecule has 2 atom stereocenters. The first-order valence-corrected chi connectivity index (χ1v) is 8.20. The molecule has 2 aliphatic rings. The molecular formula is C17H20N4O2. The van der Waals surface area contributed by atoms with Gasteiger partial charge in [-0.25, -0.2) is 4.98 Å². The van der Waals surface area contributed by atoms with Crippen LogP contribution in [0.1, 0.15) is 48.4 Å². The van der Waals surface area contributed by atoms with Crippen molar-refractivity contribution in [2.45, 2.75) is 37.8 Å². The number of hydrogen-bond acceptors (Lipinski definition) is 4. The number of amides is 1. The van der Waals surface area contributed by atoms with E-state index in [1.54, 1.807) is 0 Å². The van der Waals surface area contributed by atoms with Gasteiger partial charge in [0.05, 0.1) is 12.6 Å². The number of carbonyl (C=O) groups excluding carboxylic acids is 1. The maximum absolute atomic E-state index is 13.2. The van der Waals surface area contributed by atoms with Crippen LogP contribution in [0.5, 0.6) is 0 Å². The maximum Gasteiger partial charge on any atom is 0.256 e. The summed E-state index contributed by atoms with van der Waals surface area (Å²) < 4.78 is 5.85. The van der Waals surface area contributed by atoms with E-state index in [1.807, 2.05) is 23.1 Å². The van der Waals surface area contributed by atoms with E-state index in [1.165, 1.54) is 11.9 Å². The summed E-state index contributed by atoms with van der Waals surface area (Å²) in [4.78, 5) is 19.3. The van der Waals surface area contributed by atoms with Crippen LogP contribution < -0.4 is 0 Å². The van der Waals surface area contributed by atoms with Gasteiger partial charge in [-0.3, -0.25) is 9.89 Å². The fourth-order valence-electron chi connectivity index (χ4n) is 3.60. The van der Waals surface area contributed by atoms with Gasteiger partial charge in [0.15, 0.2) is 6.10 Å². The van der Waals surface area contributed by atoms with Gasteiger partial charge in [-0.2, -0.15) is 5.10 Å². The first-order chi connectivity index (χ1) is 11.3. The lowest BCUT2D eigenvalue weighted by Crippen LogP contribution is -2.43. The summed E-state index contributed by atoms with van der Waals surface area (Å²) in [5, 5.41) is 6.85. The van der Waals surface area contributed by atoms with Gasteiger partial charge in [0.1, 0.15) is 12.2 Å². The summed E-state index contributed by atoms with van der Waals surface area (Å²) >= 11 is 0. The molecule has 0 radical (unpaired) electrons. The average Bonchev–Trinajstić information content (AvgIpc) is 3.15. The standard InChI is InChI=1S/C17H20N4O2/c22-17(15-13-6-2-1-5-12(13)8-10-23-15)21-9-4-3-7-14(21)16-18-11-19-20-16/h1-2,5-6,11,14-15H,3-4,7-10H2,(H,18,19,20)/t14-,15+/m0/s1. The van der Waals surface area contributed by atoms with E-state index in [0.717, 1.165) is 43.6 Å². The van der Waals surface area contributed by atoms with Crippen LogP contribution in [0.3, 0.4) is 0 Å². The Morgan fingerprint density at radius 1 is 1.30 bits per heavy atom. The molecule has 6 nitrogen and oxygen atoms in total. The third-order valence-corrected chi connectivity index (χ3v) is 4.75. The van der Waals surface area contributed by atoms with Gasteiger partial charge in [-0.1, -0.05) is 24.3 Å². The summed E-state index contributed by atoms with van der Waals surface area (Å²) in [7, 11) is 0. The molecule has 2 aromatic rings. The number of nitrogens with zero attached hydrogens (tertiary/aromatic N) is 3. The molecule has 0 aliphatic carbocycles. The van der Waals surface area contributed by atoms with Crippen LogP contribution in [0.2, 0.25) is 0 Å². The maximum atomic E-state index is 13.2. The van der Waals surface area contributed by atoms with E-state index in [-0.39, 0.29) is 11.9 Å². The lowest BCUT2D eigenvalue weighted by Gasteiger charge is -2.37. The molecule has 0 unspecified atom stereocenters. The highest BCUT2D eigenvalue weighted by atomic mass is 16.5. The average molecular weight is 312 g/mol. The molecule has 2 aliphatic heterocycles. The fourth-order valence-corrected chi connectivity index (χ4v) is 3.60. The minimum absolute atomic E-state index is 0.0311. The second-order valence-corrected chi connectivity index (χ2v) is 6.11. The summed E-state index contributed by atoms with van der Waals surface area (Å²) in [5.74, 6) is 0.806. The number of carbonyl (C=O) groups is 1. The Labute approximate surface area is 134 Å². The monoisotopic (exact) mass is 312 g/mol. The summed E-state index contributed by atoms with van der Waals surface area (Å²) in [5.41, 5.74) is 2.22. The highest BCUT2D eigenvalue weighted by molar-refractivity contribution is 5.83. The molecule has 1 saturated heterocycles. The molecule has 1 amide bonds. The second kappa shape index (κ2) is 6.12. The Kier molecular flexibility index (Phi) is 3.83. The van der Waals surface area contributed by atoms with Gasteiger partial charge in [0.25, 0.3) is 5.91 Å². The van der Waals surface area contributed by atoms with Crippen molar-refractivity contribution >= 4 is 5.91 Å². The van der Waals surface area contributed by atoms with Gasteiger partial charge < -0.3 is 9.64 Å². The third-order valence-electron chi connectivity index (χ3n) is 4.75. The van der Waals surface area contributed by atoms with Crippen LogP contribution >= 0.6 is 0 Å². The summed E-state index contributed by atoms with van der Waals surface area (Å²) in [6.07, 6.45) is 4.89. The van der Waals surface area contributed by atoms with Crippen LogP contribution in [0, 0.1) is 0 Å². The minimum atomic E-state index is -0.497. The largest absolute Gasteiger partial charge is 0.363 e. The fraction of sp³-hybridized carbons (Fsp3) is 0.471. The van der Waals surface area contributed by atoms with E-state index in [4.69, 9.17) is 4.74 Å². The molecule has 6 heteroatoms. The van der Waals surface area contributed by atoms with Crippen molar-refractivity contribution in [1.29, 1.82) is 0 Å². The Morgan fingerprint density at radius 2 is 2.22 bits per heavy atom. The number of nitrogens with one attached hydrogen (secondary N) is 1. The summed E-state index contributed by atoms with van der Waals surface area (Å²) in [6.45, 7) is 1.33. The van der Waals surface area contributed by atoms with Crippen molar-refractivity contribution in [1.82, 2.24) is 20.1 Å². The number of benzene rings is 1. The third kappa shape index (κ3) is 2.63. The van der Waals surface area contributed by atoms with Crippen molar-refractivity contribution in [3.05, 3.63) is 47.5 Å². The Balaban J connectivity index is 1.63. The molecule has 4 rings (SSSR count). The van der Waals surface area contributed by atoms with Gasteiger partial charge in [-0.05, 0) is 36.8 Å². The predicted octanol–water partition coefficient (Wildman–Crippen LogP) is 2.17. The number of likely N-dealkylation sites (tertiary alicyclic amines) is 1. The molecule has 23 heavy (non-hydrogen) atoms. The van der Waals surface area contributed by atoms with E-state index < -0.39 is 6.10 Å². The van der Waals surface area contributed by atoms with Crippen LogP contribution in [0.25, 0.3) is 0 Å². The Morgan fingerprint density at radius 3 is 3.09 bits per heavy atom. The molecule has 0 spiro atoms. The number of rotatable bonds is 2. The summed E-state index contributed by atoms with van der Waals surface area (Å²) in [6, 6.07) is 8.05. The SMILES string of the molecule is O=C([C@@H]1OCCc2ccccc21)N1CCCC[C@H]1c1ncn[nH]1. The normalized spacial score (nSPS) is 24.3. The second-order valence-electron chi connectivity index (χ2n) is 6.11. The number of H-pyrrole nitrogens is 1. The van der Waals surface area contributed by atoms with Crippen molar-refractivity contribution in [3.63, 3.8) is 0 Å². The molecule has 0 saturated carbocycles. The number of fused-ring (bicyclic) bond motifs is 1. The van der Waals surface area contributed by atoms with Crippen LogP contribution in [-0.2, 0) is 16.0 Å². The highest BCUT2D eigenvalue weighted by Crippen LogP contribution is 2.34. The lowest BCUT2D eigenvalue weighted by molar-refractivity contribution is -0.149. The zero-order valence-corrected chi connectivity index (χ0v) is 12.9. The van der Waals surface area contributed by atoms with Crippen molar-refractivity contribution in [2.75, 3.05) is 13.2 Å². The van der Waals surface area contributed by atoms with E-state index in [9.17, 15) is 4.79 Å². The van der Waals surface area contributed by atoms with E-state index >= 15 is 0 Å². The van der Waals surface area contributed by atoms with Crippen LogP contribution in [-0.4, -0.2) is 39.1 Å². The van der Waals surface area contributed by atoms with Gasteiger partial charge in [0, 0.05) is 6.54 Å². The molecular weight excluding hydrogens is 292 g/mol. The van der Waals surface area contributed by atoms with Crippen LogP contribution in [0.15, 0.2) is 30.6 Å². The number of aromatic nitrogens is 3. The lowest BCUT2D eigenvalue weighted by atomic mass is 9.94. The smallest absolute Gasteiger partial charge is 0.256 e. The van der Waals surface area contributed by atoms with Gasteiger partial charge in [-0.15, -0.1) is 0 Å². The zero-order valence-electron chi connectivity index (χ0n) is 12.9. The number of hydrogen-bond donors (Lipinski definition) is 1. The molecule has 1 fully saturated rings. The molecule has 3 heterocycles. The molecule has 120 valence electrons. The molecule has 0 bridgehead atoms. The predicted molar refractivity (Wildman–Crippen MR) is 83.5 cm³/mol. The van der Waals surface area contributed by atoms with Crippen molar-refractivity contribution in [3.8, 4) is 0 Å². The first-order valence-electron chi connectivity index (χ1n) is 8.20. The minimum Gasteiger partial charge on any atom is -0.363 e. The number of ether oxygens (including phenoxy) is 1. The van der Waals surface area contributed by atoms with E-state index in [2.05, 4.69) is 21.2 Å². The van der Waals surface area contributed by atoms with Gasteiger partial charge >= 0.3 is 0 Å². The highest BCUT2D eigenvalue weighted by Gasteiger charge is 2.36. The topological polar surface area (TPSA) is 71.1 Å². The first kappa shape index (κ1) is 14.4.